The first-order chi connectivity index (χ1) is 12.0. The molecule has 3 rings (SSSR count). The van der Waals surface area contributed by atoms with E-state index in [1.807, 2.05) is 6.07 Å². The van der Waals surface area contributed by atoms with Gasteiger partial charge in [-0.1, -0.05) is 30.3 Å². The molecule has 0 spiro atoms. The van der Waals surface area contributed by atoms with Crippen molar-refractivity contribution in [2.45, 2.75) is 6.61 Å². The van der Waals surface area contributed by atoms with Gasteiger partial charge in [-0.2, -0.15) is 0 Å². The van der Waals surface area contributed by atoms with E-state index in [2.05, 4.69) is 10.4 Å². The van der Waals surface area contributed by atoms with Crippen LogP contribution in [0, 0.1) is 11.6 Å². The maximum absolute atomic E-state index is 13.9. The molecule has 25 heavy (non-hydrogen) atoms. The lowest BCUT2D eigenvalue weighted by atomic mass is 10.2. The number of amides is 1. The van der Waals surface area contributed by atoms with Gasteiger partial charge in [-0.05, 0) is 17.7 Å². The third-order valence-electron chi connectivity index (χ3n) is 3.32. The first kappa shape index (κ1) is 16.4. The molecule has 3 aromatic rings. The number of nitrogens with one attached hydrogen (secondary N) is 2. The van der Waals surface area contributed by atoms with Crippen molar-refractivity contribution in [1.29, 1.82) is 0 Å². The van der Waals surface area contributed by atoms with Crippen LogP contribution in [0.25, 0.3) is 5.69 Å². The Balaban J connectivity index is 1.77. The van der Waals surface area contributed by atoms with Gasteiger partial charge in [0.15, 0.2) is 5.82 Å². The number of aromatic amines is 1. The lowest BCUT2D eigenvalue weighted by Crippen LogP contribution is -2.16. The van der Waals surface area contributed by atoms with Gasteiger partial charge in [0.25, 0.3) is 5.56 Å². The van der Waals surface area contributed by atoms with E-state index in [0.717, 1.165) is 28.4 Å². The predicted molar refractivity (Wildman–Crippen MR) is 86.6 cm³/mol. The van der Waals surface area contributed by atoms with Gasteiger partial charge in [0, 0.05) is 12.1 Å². The third-order valence-corrected chi connectivity index (χ3v) is 3.32. The summed E-state index contributed by atoms with van der Waals surface area (Å²) in [4.78, 5) is 23.5. The van der Waals surface area contributed by atoms with Crippen LogP contribution in [0.3, 0.4) is 0 Å². The number of halogens is 2. The first-order valence-corrected chi connectivity index (χ1v) is 7.28. The van der Waals surface area contributed by atoms with Crippen LogP contribution in [0.1, 0.15) is 5.56 Å². The minimum atomic E-state index is -0.896. The van der Waals surface area contributed by atoms with E-state index in [0.29, 0.717) is 6.07 Å². The highest BCUT2D eigenvalue weighted by atomic mass is 19.1. The van der Waals surface area contributed by atoms with Crippen molar-refractivity contribution < 1.29 is 18.3 Å². The van der Waals surface area contributed by atoms with Crippen LogP contribution in [-0.4, -0.2) is 15.9 Å². The molecule has 0 unspecified atom stereocenters. The summed E-state index contributed by atoms with van der Waals surface area (Å²) in [6, 6.07) is 12.9. The summed E-state index contributed by atoms with van der Waals surface area (Å²) in [5.41, 5.74) is 0.0950. The Labute approximate surface area is 140 Å². The number of benzene rings is 2. The zero-order valence-electron chi connectivity index (χ0n) is 12.8. The number of hydrogen-bond acceptors (Lipinski definition) is 3. The van der Waals surface area contributed by atoms with Crippen molar-refractivity contribution in [3.63, 3.8) is 0 Å². The van der Waals surface area contributed by atoms with E-state index < -0.39 is 23.3 Å². The van der Waals surface area contributed by atoms with Crippen molar-refractivity contribution in [3.05, 3.63) is 82.1 Å². The normalized spacial score (nSPS) is 10.5. The number of hydrogen-bond donors (Lipinski definition) is 2. The van der Waals surface area contributed by atoms with Crippen LogP contribution in [0.15, 0.2) is 59.4 Å². The van der Waals surface area contributed by atoms with Crippen LogP contribution >= 0.6 is 0 Å². The van der Waals surface area contributed by atoms with E-state index in [4.69, 9.17) is 4.74 Å². The van der Waals surface area contributed by atoms with Gasteiger partial charge < -0.3 is 4.74 Å². The minimum absolute atomic E-state index is 0.0337. The second-order valence-corrected chi connectivity index (χ2v) is 5.12. The zero-order chi connectivity index (χ0) is 17.8. The summed E-state index contributed by atoms with van der Waals surface area (Å²) in [6.45, 7) is 0.0340. The standard InChI is InChI=1S/C17H13F2N3O3/c18-12-6-7-14(13(19)8-12)22-15(9-16(23)21-22)20-17(24)25-10-11-4-2-1-3-5-11/h1-9H,10H2,(H,20,24)(H,21,23). The Morgan fingerprint density at radius 2 is 1.88 bits per heavy atom. The Morgan fingerprint density at radius 3 is 2.60 bits per heavy atom. The molecular weight excluding hydrogens is 332 g/mol. The Kier molecular flexibility index (Phi) is 4.60. The molecule has 128 valence electrons. The first-order valence-electron chi connectivity index (χ1n) is 7.28. The van der Waals surface area contributed by atoms with E-state index in [1.165, 1.54) is 0 Å². The molecule has 2 aromatic carbocycles. The second-order valence-electron chi connectivity index (χ2n) is 5.12. The molecule has 0 saturated carbocycles. The molecule has 2 N–H and O–H groups in total. The topological polar surface area (TPSA) is 76.1 Å². The molecular formula is C17H13F2N3O3. The average molecular weight is 345 g/mol. The SMILES string of the molecule is O=C(Nc1cc(=O)[nH]n1-c1ccc(F)cc1F)OCc1ccccc1. The minimum Gasteiger partial charge on any atom is -0.444 e. The molecule has 6 nitrogen and oxygen atoms in total. The molecule has 0 fully saturated rings. The van der Waals surface area contributed by atoms with Crippen molar-refractivity contribution in [1.82, 2.24) is 9.78 Å². The van der Waals surface area contributed by atoms with Gasteiger partial charge in [-0.15, -0.1) is 0 Å². The number of carbonyl (C=O) groups excluding carboxylic acids is 1. The number of carbonyl (C=O) groups is 1. The number of H-pyrrole nitrogens is 1. The van der Waals surface area contributed by atoms with E-state index >= 15 is 0 Å². The third kappa shape index (κ3) is 3.92. The smallest absolute Gasteiger partial charge is 0.413 e. The molecule has 8 heteroatoms. The van der Waals surface area contributed by atoms with Crippen molar-refractivity contribution >= 4 is 11.9 Å². The molecule has 0 saturated heterocycles. The Hall–Kier alpha value is -3.42. The van der Waals surface area contributed by atoms with Crippen LogP contribution in [0.2, 0.25) is 0 Å². The second kappa shape index (κ2) is 7.00. The lowest BCUT2D eigenvalue weighted by Gasteiger charge is -2.11. The van der Waals surface area contributed by atoms with Crippen LogP contribution < -0.4 is 10.9 Å². The van der Waals surface area contributed by atoms with Gasteiger partial charge in [-0.25, -0.2) is 18.3 Å². The van der Waals surface area contributed by atoms with Gasteiger partial charge in [-0.3, -0.25) is 15.2 Å². The molecule has 1 heterocycles. The number of aromatic nitrogens is 2. The molecule has 0 bridgehead atoms. The number of anilines is 1. The van der Waals surface area contributed by atoms with Crippen molar-refractivity contribution in [3.8, 4) is 5.69 Å². The fourth-order valence-corrected chi connectivity index (χ4v) is 2.20. The number of nitrogens with zero attached hydrogens (tertiary/aromatic N) is 1. The molecule has 0 aliphatic carbocycles. The lowest BCUT2D eigenvalue weighted by molar-refractivity contribution is 0.155. The highest BCUT2D eigenvalue weighted by Crippen LogP contribution is 2.18. The van der Waals surface area contributed by atoms with Crippen molar-refractivity contribution in [2.75, 3.05) is 5.32 Å². The van der Waals surface area contributed by atoms with Crippen LogP contribution in [-0.2, 0) is 11.3 Å². The summed E-state index contributed by atoms with van der Waals surface area (Å²) >= 11 is 0. The van der Waals surface area contributed by atoms with E-state index in [-0.39, 0.29) is 18.1 Å². The highest BCUT2D eigenvalue weighted by molar-refractivity contribution is 5.83. The molecule has 1 aromatic heterocycles. The van der Waals surface area contributed by atoms with Gasteiger partial charge >= 0.3 is 6.09 Å². The quantitative estimate of drug-likeness (QED) is 0.762. The molecule has 0 radical (unpaired) electrons. The van der Waals surface area contributed by atoms with Crippen LogP contribution in [0.5, 0.6) is 0 Å². The van der Waals surface area contributed by atoms with E-state index in [1.54, 1.807) is 24.3 Å². The molecule has 0 atom stereocenters. The van der Waals surface area contributed by atoms with Crippen LogP contribution in [0.4, 0.5) is 19.4 Å². The average Bonchev–Trinajstić information content (AvgIpc) is 2.94. The number of ether oxygens (including phenoxy) is 1. The summed E-state index contributed by atoms with van der Waals surface area (Å²) in [5, 5.41) is 4.68. The van der Waals surface area contributed by atoms with Gasteiger partial charge in [0.05, 0.1) is 0 Å². The van der Waals surface area contributed by atoms with Gasteiger partial charge in [0.2, 0.25) is 0 Å². The van der Waals surface area contributed by atoms with E-state index in [9.17, 15) is 18.4 Å². The molecule has 0 aliphatic heterocycles. The Morgan fingerprint density at radius 1 is 1.12 bits per heavy atom. The zero-order valence-corrected chi connectivity index (χ0v) is 12.8. The Bertz CT molecular complexity index is 951. The van der Waals surface area contributed by atoms with Crippen molar-refractivity contribution in [2.24, 2.45) is 0 Å². The number of rotatable bonds is 4. The molecule has 1 amide bonds. The fourth-order valence-electron chi connectivity index (χ4n) is 2.20. The summed E-state index contributed by atoms with van der Waals surface area (Å²) in [6.07, 6.45) is -0.820. The maximum atomic E-state index is 13.9. The molecule has 0 aliphatic rings. The monoisotopic (exact) mass is 345 g/mol. The van der Waals surface area contributed by atoms with Gasteiger partial charge in [0.1, 0.15) is 23.9 Å². The maximum Gasteiger partial charge on any atom is 0.413 e. The summed E-state index contributed by atoms with van der Waals surface area (Å²) in [7, 11) is 0. The summed E-state index contributed by atoms with van der Waals surface area (Å²) < 4.78 is 33.0. The largest absolute Gasteiger partial charge is 0.444 e. The summed E-state index contributed by atoms with van der Waals surface area (Å²) in [5.74, 6) is -1.69. The fraction of sp³-hybridized carbons (Fsp3) is 0.0588. The highest BCUT2D eigenvalue weighted by Gasteiger charge is 2.14. The predicted octanol–water partition coefficient (Wildman–Crippen LogP) is 3.19.